The van der Waals surface area contributed by atoms with Crippen molar-refractivity contribution in [1.82, 2.24) is 19.7 Å². The Kier molecular flexibility index (Phi) is 2.44. The van der Waals surface area contributed by atoms with Crippen LogP contribution in [0.25, 0.3) is 11.5 Å². The van der Waals surface area contributed by atoms with Crippen molar-refractivity contribution in [2.75, 3.05) is 0 Å². The number of nitrogens with zero attached hydrogens (tertiary/aromatic N) is 4. The van der Waals surface area contributed by atoms with Crippen LogP contribution in [0.4, 0.5) is 0 Å². The molecule has 0 aliphatic heterocycles. The molecule has 0 aliphatic rings. The van der Waals surface area contributed by atoms with Crippen LogP contribution in [0, 0.1) is 13.8 Å². The van der Waals surface area contributed by atoms with Crippen LogP contribution in [0.1, 0.15) is 11.3 Å². The molecule has 0 fully saturated rings. The number of halogens is 1. The molecule has 0 saturated carbocycles. The normalized spacial score (nSPS) is 10.7. The SMILES string of the molecule is Cc1nc(-c2ccn(C)n2)nc(Cl)c1C. The van der Waals surface area contributed by atoms with E-state index in [9.17, 15) is 0 Å². The summed E-state index contributed by atoms with van der Waals surface area (Å²) in [5, 5.41) is 4.71. The first-order valence-electron chi connectivity index (χ1n) is 4.58. The van der Waals surface area contributed by atoms with Crippen molar-refractivity contribution in [2.45, 2.75) is 13.8 Å². The lowest BCUT2D eigenvalue weighted by Gasteiger charge is -2.03. The quantitative estimate of drug-likeness (QED) is 0.695. The maximum atomic E-state index is 5.99. The number of aromatic nitrogens is 4. The summed E-state index contributed by atoms with van der Waals surface area (Å²) in [6.07, 6.45) is 1.85. The van der Waals surface area contributed by atoms with Crippen molar-refractivity contribution < 1.29 is 0 Å². The Morgan fingerprint density at radius 2 is 2.00 bits per heavy atom. The van der Waals surface area contributed by atoms with Crippen molar-refractivity contribution in [3.05, 3.63) is 28.7 Å². The minimum absolute atomic E-state index is 0.489. The van der Waals surface area contributed by atoms with Gasteiger partial charge in [0.15, 0.2) is 5.82 Å². The van der Waals surface area contributed by atoms with Gasteiger partial charge in [-0.1, -0.05) is 11.6 Å². The molecule has 0 N–H and O–H groups in total. The molecule has 0 aliphatic carbocycles. The third-order valence-electron chi connectivity index (χ3n) is 2.27. The third-order valence-corrected chi connectivity index (χ3v) is 2.64. The van der Waals surface area contributed by atoms with Gasteiger partial charge in [-0.05, 0) is 19.9 Å². The monoisotopic (exact) mass is 222 g/mol. The van der Waals surface area contributed by atoms with E-state index >= 15 is 0 Å². The fourth-order valence-corrected chi connectivity index (χ4v) is 1.46. The molecule has 0 aromatic carbocycles. The first-order valence-corrected chi connectivity index (χ1v) is 4.96. The summed E-state index contributed by atoms with van der Waals surface area (Å²) in [7, 11) is 1.85. The summed E-state index contributed by atoms with van der Waals surface area (Å²) in [5.74, 6) is 0.573. The van der Waals surface area contributed by atoms with Crippen molar-refractivity contribution in [3.63, 3.8) is 0 Å². The molecule has 0 bridgehead atoms. The van der Waals surface area contributed by atoms with Crippen LogP contribution in [0.5, 0.6) is 0 Å². The predicted molar refractivity (Wildman–Crippen MR) is 58.7 cm³/mol. The maximum absolute atomic E-state index is 5.99. The molecule has 0 saturated heterocycles. The Labute approximate surface area is 92.9 Å². The largest absolute Gasteiger partial charge is 0.275 e. The van der Waals surface area contributed by atoms with E-state index in [0.717, 1.165) is 17.0 Å². The first kappa shape index (κ1) is 10.1. The molecule has 78 valence electrons. The number of hydrogen-bond donors (Lipinski definition) is 0. The van der Waals surface area contributed by atoms with Crippen molar-refractivity contribution in [2.24, 2.45) is 7.05 Å². The van der Waals surface area contributed by atoms with Gasteiger partial charge in [0.2, 0.25) is 0 Å². The number of rotatable bonds is 1. The zero-order valence-electron chi connectivity index (χ0n) is 8.82. The van der Waals surface area contributed by atoms with Crippen LogP contribution >= 0.6 is 11.6 Å². The van der Waals surface area contributed by atoms with Crippen molar-refractivity contribution in [3.8, 4) is 11.5 Å². The minimum Gasteiger partial charge on any atom is -0.275 e. The molecular weight excluding hydrogens is 212 g/mol. The minimum atomic E-state index is 0.489. The van der Waals surface area contributed by atoms with Gasteiger partial charge >= 0.3 is 0 Å². The second-order valence-corrected chi connectivity index (χ2v) is 3.78. The molecule has 2 rings (SSSR count). The van der Waals surface area contributed by atoms with E-state index in [1.807, 2.05) is 33.2 Å². The van der Waals surface area contributed by atoms with Gasteiger partial charge < -0.3 is 0 Å². The summed E-state index contributed by atoms with van der Waals surface area (Å²) in [6, 6.07) is 1.86. The second kappa shape index (κ2) is 3.62. The molecule has 15 heavy (non-hydrogen) atoms. The molecule has 2 heterocycles. The van der Waals surface area contributed by atoms with Gasteiger partial charge in [0.25, 0.3) is 0 Å². The van der Waals surface area contributed by atoms with Crippen LogP contribution in [0.3, 0.4) is 0 Å². The molecule has 2 aromatic heterocycles. The van der Waals surface area contributed by atoms with Crippen LogP contribution in [0.15, 0.2) is 12.3 Å². The third kappa shape index (κ3) is 1.85. The van der Waals surface area contributed by atoms with Gasteiger partial charge in [-0.2, -0.15) is 5.10 Å². The highest BCUT2D eigenvalue weighted by Gasteiger charge is 2.09. The van der Waals surface area contributed by atoms with E-state index < -0.39 is 0 Å². The molecule has 0 atom stereocenters. The Balaban J connectivity index is 2.55. The molecule has 0 spiro atoms. The Hall–Kier alpha value is -1.42. The lowest BCUT2D eigenvalue weighted by atomic mass is 10.2. The molecular formula is C10H11ClN4. The Morgan fingerprint density at radius 3 is 2.53 bits per heavy atom. The molecule has 0 amide bonds. The smallest absolute Gasteiger partial charge is 0.181 e. The van der Waals surface area contributed by atoms with E-state index in [-0.39, 0.29) is 0 Å². The highest BCUT2D eigenvalue weighted by Crippen LogP contribution is 2.19. The summed E-state index contributed by atoms with van der Waals surface area (Å²) in [5.41, 5.74) is 2.54. The average Bonchev–Trinajstić information content (AvgIpc) is 2.60. The van der Waals surface area contributed by atoms with Gasteiger partial charge in [0, 0.05) is 24.5 Å². The fourth-order valence-electron chi connectivity index (χ4n) is 1.24. The summed E-state index contributed by atoms with van der Waals surface area (Å²) in [6.45, 7) is 3.81. The van der Waals surface area contributed by atoms with Crippen LogP contribution in [0.2, 0.25) is 5.15 Å². The van der Waals surface area contributed by atoms with Crippen LogP contribution < -0.4 is 0 Å². The maximum Gasteiger partial charge on any atom is 0.181 e. The van der Waals surface area contributed by atoms with Crippen LogP contribution in [-0.4, -0.2) is 19.7 Å². The van der Waals surface area contributed by atoms with Crippen LogP contribution in [-0.2, 0) is 7.05 Å². The second-order valence-electron chi connectivity index (χ2n) is 3.42. The number of aryl methyl sites for hydroxylation is 2. The van der Waals surface area contributed by atoms with E-state index in [1.54, 1.807) is 4.68 Å². The Bertz CT molecular complexity index is 481. The van der Waals surface area contributed by atoms with E-state index in [1.165, 1.54) is 0 Å². The lowest BCUT2D eigenvalue weighted by molar-refractivity contribution is 0.768. The highest BCUT2D eigenvalue weighted by atomic mass is 35.5. The fraction of sp³-hybridized carbons (Fsp3) is 0.300. The summed E-state index contributed by atoms with van der Waals surface area (Å²) >= 11 is 5.99. The first-order chi connectivity index (χ1) is 7.08. The summed E-state index contributed by atoms with van der Waals surface area (Å²) in [4.78, 5) is 8.54. The molecule has 0 unspecified atom stereocenters. The average molecular weight is 223 g/mol. The highest BCUT2D eigenvalue weighted by molar-refractivity contribution is 6.30. The molecule has 0 radical (unpaired) electrons. The van der Waals surface area contributed by atoms with Gasteiger partial charge in [-0.25, -0.2) is 9.97 Å². The van der Waals surface area contributed by atoms with Gasteiger partial charge in [-0.15, -0.1) is 0 Å². The molecule has 4 nitrogen and oxygen atoms in total. The Morgan fingerprint density at radius 1 is 1.27 bits per heavy atom. The predicted octanol–water partition coefficient (Wildman–Crippen LogP) is 2.15. The molecule has 2 aromatic rings. The van der Waals surface area contributed by atoms with E-state index in [4.69, 9.17) is 11.6 Å². The lowest BCUT2D eigenvalue weighted by Crippen LogP contribution is -1.97. The van der Waals surface area contributed by atoms with Gasteiger partial charge in [0.1, 0.15) is 10.8 Å². The molecule has 5 heteroatoms. The summed E-state index contributed by atoms with van der Waals surface area (Å²) < 4.78 is 1.71. The van der Waals surface area contributed by atoms with Crippen molar-refractivity contribution >= 4 is 11.6 Å². The zero-order chi connectivity index (χ0) is 11.0. The standard InChI is InChI=1S/C10H11ClN4/c1-6-7(2)12-10(13-9(6)11)8-4-5-15(3)14-8/h4-5H,1-3H3. The topological polar surface area (TPSA) is 43.6 Å². The zero-order valence-corrected chi connectivity index (χ0v) is 9.58. The van der Waals surface area contributed by atoms with E-state index in [2.05, 4.69) is 15.1 Å². The van der Waals surface area contributed by atoms with E-state index in [0.29, 0.717) is 11.0 Å². The number of hydrogen-bond acceptors (Lipinski definition) is 3. The van der Waals surface area contributed by atoms with Gasteiger partial charge in [0.05, 0.1) is 0 Å². The van der Waals surface area contributed by atoms with Crippen molar-refractivity contribution in [1.29, 1.82) is 0 Å². The van der Waals surface area contributed by atoms with Gasteiger partial charge in [-0.3, -0.25) is 4.68 Å².